The molecule has 4 nitrogen and oxygen atoms in total. The van der Waals surface area contributed by atoms with E-state index in [-0.39, 0.29) is 0 Å². The van der Waals surface area contributed by atoms with Crippen molar-refractivity contribution in [1.29, 1.82) is 0 Å². The van der Waals surface area contributed by atoms with E-state index in [1.807, 2.05) is 18.0 Å². The van der Waals surface area contributed by atoms with Gasteiger partial charge in [-0.25, -0.2) is 4.98 Å². The van der Waals surface area contributed by atoms with Gasteiger partial charge in [-0.3, -0.25) is 0 Å². The van der Waals surface area contributed by atoms with Crippen molar-refractivity contribution in [1.82, 2.24) is 9.97 Å². The zero-order chi connectivity index (χ0) is 12.3. The zero-order valence-corrected chi connectivity index (χ0v) is 10.1. The van der Waals surface area contributed by atoms with Crippen LogP contribution in [0.1, 0.15) is 11.1 Å². The molecule has 2 N–H and O–H groups in total. The van der Waals surface area contributed by atoms with Gasteiger partial charge in [-0.2, -0.15) is 4.98 Å². The summed E-state index contributed by atoms with van der Waals surface area (Å²) in [5, 5.41) is 0. The standard InChI is InChI=1S/C13H16N4/c1-10-4-3-5-11(8-10)9-17(2)12-6-7-15-13(14)16-12/h3-8H,9H2,1-2H3,(H2,14,15,16). The minimum absolute atomic E-state index is 0.304. The van der Waals surface area contributed by atoms with Crippen molar-refractivity contribution in [3.63, 3.8) is 0 Å². The summed E-state index contributed by atoms with van der Waals surface area (Å²) in [6, 6.07) is 10.3. The smallest absolute Gasteiger partial charge is 0.221 e. The minimum Gasteiger partial charge on any atom is -0.368 e. The molecule has 0 spiro atoms. The molecule has 0 aliphatic heterocycles. The lowest BCUT2D eigenvalue weighted by Gasteiger charge is -2.18. The third-order valence-corrected chi connectivity index (χ3v) is 2.55. The fourth-order valence-electron chi connectivity index (χ4n) is 1.74. The number of aryl methyl sites for hydroxylation is 1. The van der Waals surface area contributed by atoms with Crippen molar-refractivity contribution in [2.45, 2.75) is 13.5 Å². The van der Waals surface area contributed by atoms with Crippen LogP contribution in [-0.2, 0) is 6.54 Å². The molecular weight excluding hydrogens is 212 g/mol. The van der Waals surface area contributed by atoms with E-state index in [4.69, 9.17) is 5.73 Å². The fraction of sp³-hybridized carbons (Fsp3) is 0.231. The molecule has 1 aromatic carbocycles. The molecule has 1 heterocycles. The molecule has 17 heavy (non-hydrogen) atoms. The first-order chi connectivity index (χ1) is 8.15. The van der Waals surface area contributed by atoms with Gasteiger partial charge in [-0.1, -0.05) is 29.8 Å². The number of rotatable bonds is 3. The predicted octanol–water partition coefficient (Wildman–Crippen LogP) is 2.00. The second-order valence-corrected chi connectivity index (χ2v) is 4.12. The molecule has 0 radical (unpaired) electrons. The summed E-state index contributed by atoms with van der Waals surface area (Å²) >= 11 is 0. The molecule has 88 valence electrons. The van der Waals surface area contributed by atoms with Gasteiger partial charge in [0, 0.05) is 19.8 Å². The normalized spacial score (nSPS) is 10.2. The van der Waals surface area contributed by atoms with Crippen LogP contribution >= 0.6 is 0 Å². The highest BCUT2D eigenvalue weighted by Gasteiger charge is 2.04. The Morgan fingerprint density at radius 2 is 2.12 bits per heavy atom. The number of hydrogen-bond donors (Lipinski definition) is 1. The lowest BCUT2D eigenvalue weighted by molar-refractivity contribution is 0.892. The minimum atomic E-state index is 0.304. The van der Waals surface area contributed by atoms with Crippen molar-refractivity contribution in [2.75, 3.05) is 17.7 Å². The number of nitrogens with two attached hydrogens (primary N) is 1. The fourth-order valence-corrected chi connectivity index (χ4v) is 1.74. The van der Waals surface area contributed by atoms with Crippen molar-refractivity contribution in [3.05, 3.63) is 47.7 Å². The molecular formula is C13H16N4. The summed E-state index contributed by atoms with van der Waals surface area (Å²) in [6.45, 7) is 2.89. The SMILES string of the molecule is Cc1cccc(CN(C)c2ccnc(N)n2)c1. The van der Waals surface area contributed by atoms with Gasteiger partial charge < -0.3 is 10.6 Å². The van der Waals surface area contributed by atoms with E-state index in [1.165, 1.54) is 11.1 Å². The summed E-state index contributed by atoms with van der Waals surface area (Å²) in [4.78, 5) is 10.1. The average molecular weight is 228 g/mol. The summed E-state index contributed by atoms with van der Waals surface area (Å²) < 4.78 is 0. The molecule has 0 unspecified atom stereocenters. The highest BCUT2D eigenvalue weighted by atomic mass is 15.2. The number of hydrogen-bond acceptors (Lipinski definition) is 4. The van der Waals surface area contributed by atoms with E-state index < -0.39 is 0 Å². The van der Waals surface area contributed by atoms with E-state index in [1.54, 1.807) is 6.20 Å². The molecule has 0 fully saturated rings. The third kappa shape index (κ3) is 2.93. The first-order valence-corrected chi connectivity index (χ1v) is 5.50. The van der Waals surface area contributed by atoms with Gasteiger partial charge in [-0.15, -0.1) is 0 Å². The van der Waals surface area contributed by atoms with Crippen LogP contribution in [-0.4, -0.2) is 17.0 Å². The largest absolute Gasteiger partial charge is 0.368 e. The van der Waals surface area contributed by atoms with Crippen LogP contribution in [0.15, 0.2) is 36.5 Å². The Hall–Kier alpha value is -2.10. The van der Waals surface area contributed by atoms with E-state index in [0.717, 1.165) is 12.4 Å². The Labute approximate surface area is 101 Å². The third-order valence-electron chi connectivity index (χ3n) is 2.55. The van der Waals surface area contributed by atoms with E-state index in [9.17, 15) is 0 Å². The van der Waals surface area contributed by atoms with Crippen molar-refractivity contribution < 1.29 is 0 Å². The maximum Gasteiger partial charge on any atom is 0.221 e. The quantitative estimate of drug-likeness (QED) is 0.873. The van der Waals surface area contributed by atoms with E-state index >= 15 is 0 Å². The highest BCUT2D eigenvalue weighted by Crippen LogP contribution is 2.13. The molecule has 2 aromatic rings. The molecule has 2 rings (SSSR count). The van der Waals surface area contributed by atoms with Crippen LogP contribution in [0.4, 0.5) is 11.8 Å². The summed E-state index contributed by atoms with van der Waals surface area (Å²) in [7, 11) is 1.99. The van der Waals surface area contributed by atoms with Crippen LogP contribution in [0.3, 0.4) is 0 Å². The molecule has 0 amide bonds. The monoisotopic (exact) mass is 228 g/mol. The molecule has 0 aliphatic carbocycles. The Kier molecular flexibility index (Phi) is 3.23. The second kappa shape index (κ2) is 4.82. The first kappa shape index (κ1) is 11.4. The Morgan fingerprint density at radius 3 is 2.82 bits per heavy atom. The maximum absolute atomic E-state index is 5.57. The summed E-state index contributed by atoms with van der Waals surface area (Å²) in [5.41, 5.74) is 8.08. The first-order valence-electron chi connectivity index (χ1n) is 5.50. The molecule has 1 aromatic heterocycles. The van der Waals surface area contributed by atoms with Crippen LogP contribution < -0.4 is 10.6 Å². The van der Waals surface area contributed by atoms with Crippen molar-refractivity contribution in [2.24, 2.45) is 0 Å². The number of nitrogens with zero attached hydrogens (tertiary/aromatic N) is 3. The lowest BCUT2D eigenvalue weighted by atomic mass is 10.1. The summed E-state index contributed by atoms with van der Waals surface area (Å²) in [6.07, 6.45) is 1.67. The lowest BCUT2D eigenvalue weighted by Crippen LogP contribution is -2.18. The maximum atomic E-state index is 5.57. The molecule has 0 bridgehead atoms. The number of nitrogen functional groups attached to an aromatic ring is 1. The van der Waals surface area contributed by atoms with Gasteiger partial charge in [0.1, 0.15) is 5.82 Å². The highest BCUT2D eigenvalue weighted by molar-refractivity contribution is 5.41. The van der Waals surface area contributed by atoms with Crippen molar-refractivity contribution >= 4 is 11.8 Å². The van der Waals surface area contributed by atoms with Gasteiger partial charge >= 0.3 is 0 Å². The van der Waals surface area contributed by atoms with Gasteiger partial charge in [0.15, 0.2) is 0 Å². The van der Waals surface area contributed by atoms with Gasteiger partial charge in [0.2, 0.25) is 5.95 Å². The summed E-state index contributed by atoms with van der Waals surface area (Å²) in [5.74, 6) is 1.14. The predicted molar refractivity (Wildman–Crippen MR) is 69.7 cm³/mol. The molecule has 0 saturated carbocycles. The zero-order valence-electron chi connectivity index (χ0n) is 10.1. The Balaban J connectivity index is 2.14. The number of aromatic nitrogens is 2. The topological polar surface area (TPSA) is 55.0 Å². The number of benzene rings is 1. The molecule has 0 atom stereocenters. The van der Waals surface area contributed by atoms with Gasteiger partial charge in [0.25, 0.3) is 0 Å². The van der Waals surface area contributed by atoms with Crippen molar-refractivity contribution in [3.8, 4) is 0 Å². The second-order valence-electron chi connectivity index (χ2n) is 4.12. The number of anilines is 2. The van der Waals surface area contributed by atoms with Crippen LogP contribution in [0.5, 0.6) is 0 Å². The van der Waals surface area contributed by atoms with Crippen LogP contribution in [0.2, 0.25) is 0 Å². The van der Waals surface area contributed by atoms with Crippen LogP contribution in [0, 0.1) is 6.92 Å². The van der Waals surface area contributed by atoms with Gasteiger partial charge in [0.05, 0.1) is 0 Å². The average Bonchev–Trinajstić information content (AvgIpc) is 2.29. The molecule has 0 saturated heterocycles. The van der Waals surface area contributed by atoms with E-state index in [2.05, 4.69) is 41.2 Å². The Bertz CT molecular complexity index is 510. The van der Waals surface area contributed by atoms with E-state index in [0.29, 0.717) is 5.95 Å². The molecule has 4 heteroatoms. The molecule has 0 aliphatic rings. The van der Waals surface area contributed by atoms with Crippen LogP contribution in [0.25, 0.3) is 0 Å². The van der Waals surface area contributed by atoms with Gasteiger partial charge in [-0.05, 0) is 18.6 Å². The Morgan fingerprint density at radius 1 is 1.29 bits per heavy atom.